The van der Waals surface area contributed by atoms with E-state index in [1.807, 2.05) is 0 Å². The van der Waals surface area contributed by atoms with Crippen molar-refractivity contribution in [2.45, 2.75) is 40.0 Å². The summed E-state index contributed by atoms with van der Waals surface area (Å²) in [6, 6.07) is 0. The van der Waals surface area contributed by atoms with Gasteiger partial charge in [-0.25, -0.2) is 0 Å². The van der Waals surface area contributed by atoms with Gasteiger partial charge in [0.25, 0.3) is 0 Å². The summed E-state index contributed by atoms with van der Waals surface area (Å²) in [7, 11) is 0. The molecule has 1 atom stereocenters. The fraction of sp³-hybridized carbons (Fsp3) is 0.909. The Morgan fingerprint density at radius 1 is 1.46 bits per heavy atom. The molecule has 0 spiro atoms. The molecule has 1 aliphatic heterocycles. The zero-order chi connectivity index (χ0) is 9.95. The number of nitrogens with one attached hydrogen (secondary N) is 1. The van der Waals surface area contributed by atoms with Gasteiger partial charge >= 0.3 is 0 Å². The number of carbonyl (C=O) groups excluding carboxylic acids is 1. The minimum atomic E-state index is -0.0483. The van der Waals surface area contributed by atoms with E-state index in [1.165, 1.54) is 6.29 Å². The van der Waals surface area contributed by atoms with Crippen LogP contribution in [0.1, 0.15) is 40.0 Å². The first-order chi connectivity index (χ1) is 5.97. The Bertz CT molecular complexity index is 175. The predicted molar refractivity (Wildman–Crippen MR) is 54.7 cm³/mol. The number of rotatable bonds is 3. The predicted octanol–water partition coefficient (Wildman–Crippen LogP) is 1.99. The van der Waals surface area contributed by atoms with E-state index in [1.54, 1.807) is 0 Å². The van der Waals surface area contributed by atoms with Gasteiger partial charge in [0.1, 0.15) is 6.29 Å². The molecule has 0 aromatic heterocycles. The van der Waals surface area contributed by atoms with Crippen molar-refractivity contribution in [2.24, 2.45) is 10.8 Å². The SMILES string of the molecule is CC(C)(C)CCC1(C=O)CCNC1. The van der Waals surface area contributed by atoms with Gasteiger partial charge in [0, 0.05) is 12.0 Å². The van der Waals surface area contributed by atoms with E-state index in [2.05, 4.69) is 26.1 Å². The second-order valence-electron chi connectivity index (χ2n) is 5.47. The van der Waals surface area contributed by atoms with Gasteiger partial charge in [0.2, 0.25) is 0 Å². The zero-order valence-electron chi connectivity index (χ0n) is 9.02. The normalized spacial score (nSPS) is 29.2. The minimum absolute atomic E-state index is 0.0483. The molecule has 1 heterocycles. The summed E-state index contributed by atoms with van der Waals surface area (Å²) in [4.78, 5) is 11.0. The molecule has 0 aromatic rings. The first kappa shape index (κ1) is 10.7. The van der Waals surface area contributed by atoms with Crippen LogP contribution < -0.4 is 5.32 Å². The van der Waals surface area contributed by atoms with Crippen LogP contribution in [-0.4, -0.2) is 19.4 Å². The fourth-order valence-electron chi connectivity index (χ4n) is 1.76. The van der Waals surface area contributed by atoms with Crippen LogP contribution in [0.2, 0.25) is 0 Å². The summed E-state index contributed by atoms with van der Waals surface area (Å²) in [6.45, 7) is 8.57. The first-order valence-corrected chi connectivity index (χ1v) is 5.15. The highest BCUT2D eigenvalue weighted by atomic mass is 16.1. The quantitative estimate of drug-likeness (QED) is 0.678. The van der Waals surface area contributed by atoms with Crippen LogP contribution in [0, 0.1) is 10.8 Å². The molecule has 1 unspecified atom stereocenters. The van der Waals surface area contributed by atoms with Crippen molar-refractivity contribution in [3.05, 3.63) is 0 Å². The van der Waals surface area contributed by atoms with Crippen molar-refractivity contribution >= 4 is 6.29 Å². The van der Waals surface area contributed by atoms with Gasteiger partial charge in [0.05, 0.1) is 0 Å². The highest BCUT2D eigenvalue weighted by Gasteiger charge is 2.34. The lowest BCUT2D eigenvalue weighted by Crippen LogP contribution is -2.27. The summed E-state index contributed by atoms with van der Waals surface area (Å²) in [5.74, 6) is 0. The molecule has 0 saturated carbocycles. The van der Waals surface area contributed by atoms with Crippen molar-refractivity contribution < 1.29 is 4.79 Å². The number of hydrogen-bond donors (Lipinski definition) is 1. The molecule has 0 amide bonds. The van der Waals surface area contributed by atoms with E-state index in [0.717, 1.165) is 32.4 Å². The second kappa shape index (κ2) is 3.79. The van der Waals surface area contributed by atoms with E-state index < -0.39 is 0 Å². The van der Waals surface area contributed by atoms with Gasteiger partial charge in [-0.1, -0.05) is 20.8 Å². The second-order valence-corrected chi connectivity index (χ2v) is 5.47. The van der Waals surface area contributed by atoms with Crippen molar-refractivity contribution in [3.8, 4) is 0 Å². The van der Waals surface area contributed by atoms with Crippen LogP contribution in [0.25, 0.3) is 0 Å². The molecule has 0 aliphatic carbocycles. The van der Waals surface area contributed by atoms with Gasteiger partial charge in [-0.3, -0.25) is 0 Å². The van der Waals surface area contributed by atoms with Crippen LogP contribution in [0.4, 0.5) is 0 Å². The van der Waals surface area contributed by atoms with Crippen molar-refractivity contribution in [1.82, 2.24) is 5.32 Å². The molecule has 76 valence electrons. The molecule has 2 heteroatoms. The Morgan fingerprint density at radius 3 is 2.54 bits per heavy atom. The molecule has 1 saturated heterocycles. The van der Waals surface area contributed by atoms with Crippen LogP contribution >= 0.6 is 0 Å². The molecule has 0 bridgehead atoms. The first-order valence-electron chi connectivity index (χ1n) is 5.15. The highest BCUT2D eigenvalue weighted by molar-refractivity contribution is 5.60. The number of hydrogen-bond acceptors (Lipinski definition) is 2. The van der Waals surface area contributed by atoms with E-state index >= 15 is 0 Å². The zero-order valence-corrected chi connectivity index (χ0v) is 9.02. The third-order valence-corrected chi connectivity index (χ3v) is 2.90. The van der Waals surface area contributed by atoms with E-state index in [9.17, 15) is 4.79 Å². The lowest BCUT2D eigenvalue weighted by atomic mass is 9.78. The van der Waals surface area contributed by atoms with Crippen LogP contribution in [0.15, 0.2) is 0 Å². The third kappa shape index (κ3) is 3.11. The Kier molecular flexibility index (Phi) is 3.12. The summed E-state index contributed by atoms with van der Waals surface area (Å²) in [6.07, 6.45) is 4.35. The number of carbonyl (C=O) groups is 1. The molecule has 13 heavy (non-hydrogen) atoms. The summed E-state index contributed by atoms with van der Waals surface area (Å²) < 4.78 is 0. The molecule has 1 fully saturated rings. The Balaban J connectivity index is 2.45. The smallest absolute Gasteiger partial charge is 0.127 e. The maximum absolute atomic E-state index is 11.0. The van der Waals surface area contributed by atoms with Gasteiger partial charge in [0.15, 0.2) is 0 Å². The summed E-state index contributed by atoms with van der Waals surface area (Å²) >= 11 is 0. The fourth-order valence-corrected chi connectivity index (χ4v) is 1.76. The van der Waals surface area contributed by atoms with Crippen LogP contribution in [-0.2, 0) is 4.79 Å². The third-order valence-electron chi connectivity index (χ3n) is 2.90. The van der Waals surface area contributed by atoms with Gasteiger partial charge in [-0.05, 0) is 31.2 Å². The average molecular weight is 183 g/mol. The Hall–Kier alpha value is -0.370. The average Bonchev–Trinajstić information content (AvgIpc) is 2.49. The lowest BCUT2D eigenvalue weighted by Gasteiger charge is -2.26. The van der Waals surface area contributed by atoms with Crippen molar-refractivity contribution in [2.75, 3.05) is 13.1 Å². The molecule has 1 aliphatic rings. The molecule has 1 N–H and O–H groups in total. The maximum Gasteiger partial charge on any atom is 0.127 e. The maximum atomic E-state index is 11.0. The lowest BCUT2D eigenvalue weighted by molar-refractivity contribution is -0.115. The number of aldehydes is 1. The van der Waals surface area contributed by atoms with Gasteiger partial charge < -0.3 is 10.1 Å². The topological polar surface area (TPSA) is 29.1 Å². The van der Waals surface area contributed by atoms with E-state index in [4.69, 9.17) is 0 Å². The molecule has 1 rings (SSSR count). The molecular weight excluding hydrogens is 162 g/mol. The van der Waals surface area contributed by atoms with Crippen LogP contribution in [0.3, 0.4) is 0 Å². The molecule has 2 nitrogen and oxygen atoms in total. The summed E-state index contributed by atoms with van der Waals surface area (Å²) in [5, 5.41) is 3.27. The molecule has 0 aromatic carbocycles. The van der Waals surface area contributed by atoms with Gasteiger partial charge in [-0.15, -0.1) is 0 Å². The molecule has 0 radical (unpaired) electrons. The Morgan fingerprint density at radius 2 is 2.15 bits per heavy atom. The van der Waals surface area contributed by atoms with E-state index in [0.29, 0.717) is 5.41 Å². The largest absolute Gasteiger partial charge is 0.316 e. The molecular formula is C11H21NO. The monoisotopic (exact) mass is 183 g/mol. The van der Waals surface area contributed by atoms with Crippen LogP contribution in [0.5, 0.6) is 0 Å². The summed E-state index contributed by atoms with van der Waals surface area (Å²) in [5.41, 5.74) is 0.298. The van der Waals surface area contributed by atoms with Crippen molar-refractivity contribution in [1.29, 1.82) is 0 Å². The van der Waals surface area contributed by atoms with Crippen molar-refractivity contribution in [3.63, 3.8) is 0 Å². The minimum Gasteiger partial charge on any atom is -0.316 e. The van der Waals surface area contributed by atoms with E-state index in [-0.39, 0.29) is 5.41 Å². The Labute approximate surface area is 81.1 Å². The highest BCUT2D eigenvalue weighted by Crippen LogP contribution is 2.33. The van der Waals surface area contributed by atoms with Gasteiger partial charge in [-0.2, -0.15) is 0 Å². The standard InChI is InChI=1S/C11H21NO/c1-10(2,3)4-5-11(9-13)6-7-12-8-11/h9,12H,4-8H2,1-3H3.